The lowest BCUT2D eigenvalue weighted by Gasteiger charge is -2.31. The topological polar surface area (TPSA) is 67.9 Å². The lowest BCUT2D eigenvalue weighted by atomic mass is 10.1. The summed E-state index contributed by atoms with van der Waals surface area (Å²) in [6.45, 7) is 2.45. The number of nitrogens with one attached hydrogen (secondary N) is 1. The minimum Gasteiger partial charge on any atom is -0.482 e. The van der Waals surface area contributed by atoms with Gasteiger partial charge in [0.15, 0.2) is 11.5 Å². The van der Waals surface area contributed by atoms with Gasteiger partial charge in [-0.05, 0) is 43.7 Å². The highest BCUT2D eigenvalue weighted by Crippen LogP contribution is 2.35. The van der Waals surface area contributed by atoms with E-state index < -0.39 is 12.2 Å². The van der Waals surface area contributed by atoms with Crippen molar-refractivity contribution in [1.82, 2.24) is 0 Å². The van der Waals surface area contributed by atoms with Crippen molar-refractivity contribution in [2.45, 2.75) is 32.0 Å². The smallest absolute Gasteiger partial charge is 0.269 e. The van der Waals surface area contributed by atoms with Crippen molar-refractivity contribution < 1.29 is 19.1 Å². The van der Waals surface area contributed by atoms with E-state index in [0.29, 0.717) is 40.9 Å². The van der Waals surface area contributed by atoms with E-state index >= 15 is 0 Å². The first kappa shape index (κ1) is 17.7. The maximum absolute atomic E-state index is 12.7. The number of ether oxygens (including phenoxy) is 2. The molecule has 4 rings (SSSR count). The highest BCUT2D eigenvalue weighted by atomic mass is 35.5. The molecule has 1 fully saturated rings. The molecule has 0 spiro atoms. The molecule has 2 aromatic rings. The van der Waals surface area contributed by atoms with Crippen LogP contribution >= 0.6 is 11.6 Å². The number of halogens is 1. The van der Waals surface area contributed by atoms with Gasteiger partial charge in [0.1, 0.15) is 6.10 Å². The summed E-state index contributed by atoms with van der Waals surface area (Å²) in [5.41, 5.74) is 1.20. The molecule has 2 aliphatic heterocycles. The zero-order valence-corrected chi connectivity index (χ0v) is 15.5. The van der Waals surface area contributed by atoms with Crippen LogP contribution in [0, 0.1) is 0 Å². The molecular weight excluding hydrogens is 368 g/mol. The summed E-state index contributed by atoms with van der Waals surface area (Å²) in [7, 11) is 0. The van der Waals surface area contributed by atoms with Crippen LogP contribution in [-0.2, 0) is 9.59 Å². The lowest BCUT2D eigenvalue weighted by molar-refractivity contribution is -0.128. The molecule has 0 radical (unpaired) electrons. The number of para-hydroxylation sites is 2. The molecule has 7 heteroatoms. The third-order valence-electron chi connectivity index (χ3n) is 4.68. The molecule has 1 saturated heterocycles. The van der Waals surface area contributed by atoms with Gasteiger partial charge in [-0.2, -0.15) is 0 Å². The van der Waals surface area contributed by atoms with E-state index in [1.54, 1.807) is 42.2 Å². The van der Waals surface area contributed by atoms with Gasteiger partial charge in [-0.15, -0.1) is 0 Å². The Morgan fingerprint density at radius 3 is 2.59 bits per heavy atom. The Hall–Kier alpha value is -2.73. The fraction of sp³-hybridized carbons (Fsp3) is 0.300. The second kappa shape index (κ2) is 7.12. The largest absolute Gasteiger partial charge is 0.482 e. The van der Waals surface area contributed by atoms with E-state index in [9.17, 15) is 9.59 Å². The summed E-state index contributed by atoms with van der Waals surface area (Å²) >= 11 is 6.34. The summed E-state index contributed by atoms with van der Waals surface area (Å²) in [6.07, 6.45) is 0.148. The van der Waals surface area contributed by atoms with E-state index in [1.165, 1.54) is 0 Å². The standard InChI is InChI=1S/C20H19ClN2O4/c1-12-19(27-17-6-3-2-5-16(17)26-12)20(25)22-13-8-9-15(14(21)11-13)23-10-4-7-18(23)24/h2-3,5-6,8-9,11-12,19H,4,7,10H2,1H3,(H,22,25). The van der Waals surface area contributed by atoms with Crippen LogP contribution in [0.5, 0.6) is 11.5 Å². The van der Waals surface area contributed by atoms with Gasteiger partial charge < -0.3 is 19.7 Å². The number of hydrogen-bond donors (Lipinski definition) is 1. The van der Waals surface area contributed by atoms with Crippen LogP contribution in [0.25, 0.3) is 0 Å². The van der Waals surface area contributed by atoms with Gasteiger partial charge in [-0.3, -0.25) is 9.59 Å². The van der Waals surface area contributed by atoms with E-state index in [4.69, 9.17) is 21.1 Å². The second-order valence-corrected chi connectivity index (χ2v) is 7.02. The minimum absolute atomic E-state index is 0.0638. The molecule has 0 aromatic heterocycles. The summed E-state index contributed by atoms with van der Waals surface area (Å²) in [6, 6.07) is 12.4. The molecule has 2 atom stereocenters. The number of rotatable bonds is 3. The lowest BCUT2D eigenvalue weighted by Crippen LogP contribution is -2.46. The van der Waals surface area contributed by atoms with Gasteiger partial charge in [0.05, 0.1) is 10.7 Å². The van der Waals surface area contributed by atoms with Crippen molar-refractivity contribution in [2.75, 3.05) is 16.8 Å². The SMILES string of the molecule is CC1Oc2ccccc2OC1C(=O)Nc1ccc(N2CCCC2=O)c(Cl)c1. The highest BCUT2D eigenvalue weighted by Gasteiger charge is 2.34. The summed E-state index contributed by atoms with van der Waals surface area (Å²) in [5, 5.41) is 3.23. The van der Waals surface area contributed by atoms with Gasteiger partial charge >= 0.3 is 0 Å². The molecule has 2 amide bonds. The monoisotopic (exact) mass is 386 g/mol. The molecule has 6 nitrogen and oxygen atoms in total. The predicted molar refractivity (Wildman–Crippen MR) is 103 cm³/mol. The fourth-order valence-electron chi connectivity index (χ4n) is 3.33. The molecule has 2 aromatic carbocycles. The van der Waals surface area contributed by atoms with Crippen molar-refractivity contribution in [3.8, 4) is 11.5 Å². The third kappa shape index (κ3) is 3.45. The highest BCUT2D eigenvalue weighted by molar-refractivity contribution is 6.34. The van der Waals surface area contributed by atoms with Crippen molar-refractivity contribution in [3.05, 3.63) is 47.5 Å². The molecule has 27 heavy (non-hydrogen) atoms. The average molecular weight is 387 g/mol. The van der Waals surface area contributed by atoms with Crippen LogP contribution in [0.1, 0.15) is 19.8 Å². The maximum atomic E-state index is 12.7. The number of fused-ring (bicyclic) bond motifs is 1. The zero-order chi connectivity index (χ0) is 19.0. The zero-order valence-electron chi connectivity index (χ0n) is 14.8. The molecular formula is C20H19ClN2O4. The molecule has 2 heterocycles. The van der Waals surface area contributed by atoms with Gasteiger partial charge in [0.25, 0.3) is 5.91 Å². The van der Waals surface area contributed by atoms with Crippen molar-refractivity contribution in [1.29, 1.82) is 0 Å². The number of carbonyl (C=O) groups is 2. The number of anilines is 2. The Morgan fingerprint density at radius 1 is 1.19 bits per heavy atom. The Morgan fingerprint density at radius 2 is 1.93 bits per heavy atom. The Balaban J connectivity index is 1.48. The number of hydrogen-bond acceptors (Lipinski definition) is 4. The molecule has 140 valence electrons. The van der Waals surface area contributed by atoms with Gasteiger partial charge in [-0.1, -0.05) is 23.7 Å². The van der Waals surface area contributed by atoms with Crippen molar-refractivity contribution in [3.63, 3.8) is 0 Å². The van der Waals surface area contributed by atoms with E-state index in [0.717, 1.165) is 6.42 Å². The van der Waals surface area contributed by atoms with Crippen molar-refractivity contribution in [2.24, 2.45) is 0 Å². The molecule has 0 bridgehead atoms. The fourth-order valence-corrected chi connectivity index (χ4v) is 3.61. The van der Waals surface area contributed by atoms with E-state index in [2.05, 4.69) is 5.32 Å². The second-order valence-electron chi connectivity index (χ2n) is 6.61. The van der Waals surface area contributed by atoms with Crippen LogP contribution in [0.4, 0.5) is 11.4 Å². The normalized spacial score (nSPS) is 21.3. The van der Waals surface area contributed by atoms with Crippen LogP contribution < -0.4 is 19.7 Å². The summed E-state index contributed by atoms with van der Waals surface area (Å²) in [5.74, 6) is 0.903. The van der Waals surface area contributed by atoms with Crippen LogP contribution in [0.2, 0.25) is 5.02 Å². The van der Waals surface area contributed by atoms with E-state index in [-0.39, 0.29) is 11.8 Å². The Labute approximate surface area is 162 Å². The summed E-state index contributed by atoms with van der Waals surface area (Å²) in [4.78, 5) is 26.2. The molecule has 2 unspecified atom stereocenters. The van der Waals surface area contributed by atoms with Gasteiger partial charge in [-0.25, -0.2) is 0 Å². The van der Waals surface area contributed by atoms with Crippen LogP contribution in [0.15, 0.2) is 42.5 Å². The Kier molecular flexibility index (Phi) is 4.66. The maximum Gasteiger partial charge on any atom is 0.269 e. The first-order valence-corrected chi connectivity index (χ1v) is 9.24. The molecule has 0 saturated carbocycles. The number of benzene rings is 2. The first-order chi connectivity index (χ1) is 13.0. The van der Waals surface area contributed by atoms with E-state index in [1.807, 2.05) is 12.1 Å². The Bertz CT molecular complexity index is 901. The van der Waals surface area contributed by atoms with Gasteiger partial charge in [0, 0.05) is 18.7 Å². The first-order valence-electron chi connectivity index (χ1n) is 8.86. The third-order valence-corrected chi connectivity index (χ3v) is 4.98. The predicted octanol–water partition coefficient (Wildman–Crippen LogP) is 3.63. The van der Waals surface area contributed by atoms with Gasteiger partial charge in [0.2, 0.25) is 12.0 Å². The molecule has 0 aliphatic carbocycles. The number of amides is 2. The average Bonchev–Trinajstić information content (AvgIpc) is 3.07. The quantitative estimate of drug-likeness (QED) is 0.874. The molecule has 1 N–H and O–H groups in total. The summed E-state index contributed by atoms with van der Waals surface area (Å²) < 4.78 is 11.6. The number of nitrogens with zero attached hydrogens (tertiary/aromatic N) is 1. The number of carbonyl (C=O) groups excluding carboxylic acids is 2. The minimum atomic E-state index is -0.779. The van der Waals surface area contributed by atoms with Crippen molar-refractivity contribution >= 4 is 34.8 Å². The van der Waals surface area contributed by atoms with Crippen LogP contribution in [0.3, 0.4) is 0 Å². The molecule has 2 aliphatic rings. The van der Waals surface area contributed by atoms with Crippen LogP contribution in [-0.4, -0.2) is 30.6 Å².